The van der Waals surface area contributed by atoms with E-state index in [9.17, 15) is 9.59 Å². The number of benzene rings is 1. The van der Waals surface area contributed by atoms with Gasteiger partial charge in [0.2, 0.25) is 5.91 Å². The van der Waals surface area contributed by atoms with Gasteiger partial charge in [0.15, 0.2) is 0 Å². The first kappa shape index (κ1) is 10.2. The fourth-order valence-electron chi connectivity index (χ4n) is 1.01. The molecule has 74 valence electrons. The van der Waals surface area contributed by atoms with Gasteiger partial charge >= 0.3 is 5.97 Å². The fraction of sp³-hybridized carbons (Fsp3) is 0.200. The van der Waals surface area contributed by atoms with Crippen molar-refractivity contribution in [3.8, 4) is 5.75 Å². The van der Waals surface area contributed by atoms with Crippen LogP contribution in [-0.4, -0.2) is 11.9 Å². The lowest BCUT2D eigenvalue weighted by Crippen LogP contribution is -2.06. The second kappa shape index (κ2) is 4.41. The van der Waals surface area contributed by atoms with Gasteiger partial charge in [0.1, 0.15) is 5.75 Å². The van der Waals surface area contributed by atoms with E-state index in [0.717, 1.165) is 0 Å². The quantitative estimate of drug-likeness (QED) is 0.573. The van der Waals surface area contributed by atoms with Crippen LogP contribution in [0.1, 0.15) is 13.8 Å². The topological polar surface area (TPSA) is 55.4 Å². The number of carbonyl (C=O) groups is 2. The predicted molar refractivity (Wildman–Crippen MR) is 52.1 cm³/mol. The van der Waals surface area contributed by atoms with Crippen LogP contribution in [0.25, 0.3) is 0 Å². The summed E-state index contributed by atoms with van der Waals surface area (Å²) >= 11 is 0. The van der Waals surface area contributed by atoms with Gasteiger partial charge in [0.05, 0.1) is 0 Å². The molecule has 0 saturated heterocycles. The van der Waals surface area contributed by atoms with E-state index in [4.69, 9.17) is 4.74 Å². The average Bonchev–Trinajstić information content (AvgIpc) is 2.01. The minimum Gasteiger partial charge on any atom is -0.427 e. The van der Waals surface area contributed by atoms with Crippen molar-refractivity contribution in [2.24, 2.45) is 0 Å². The van der Waals surface area contributed by atoms with E-state index >= 15 is 0 Å². The summed E-state index contributed by atoms with van der Waals surface area (Å²) in [4.78, 5) is 21.4. The molecule has 0 unspecified atom stereocenters. The molecule has 4 nitrogen and oxygen atoms in total. The van der Waals surface area contributed by atoms with Crippen molar-refractivity contribution in [1.29, 1.82) is 0 Å². The van der Waals surface area contributed by atoms with E-state index in [1.54, 1.807) is 24.3 Å². The number of amides is 1. The van der Waals surface area contributed by atoms with Crippen LogP contribution >= 0.6 is 0 Å². The summed E-state index contributed by atoms with van der Waals surface area (Å²) in [7, 11) is 0. The monoisotopic (exact) mass is 193 g/mol. The van der Waals surface area contributed by atoms with Gasteiger partial charge in [0, 0.05) is 25.6 Å². The summed E-state index contributed by atoms with van der Waals surface area (Å²) < 4.78 is 4.85. The molecule has 1 aromatic rings. The van der Waals surface area contributed by atoms with Gasteiger partial charge in [-0.1, -0.05) is 6.07 Å². The maximum absolute atomic E-state index is 10.7. The smallest absolute Gasteiger partial charge is 0.308 e. The summed E-state index contributed by atoms with van der Waals surface area (Å²) in [6.07, 6.45) is 0. The number of esters is 1. The van der Waals surface area contributed by atoms with Crippen molar-refractivity contribution >= 4 is 17.6 Å². The molecule has 0 aliphatic heterocycles. The second-order valence-electron chi connectivity index (χ2n) is 2.80. The zero-order valence-corrected chi connectivity index (χ0v) is 8.03. The SMILES string of the molecule is CC(=O)Nc1cccc(OC(C)=O)c1. The van der Waals surface area contributed by atoms with Crippen molar-refractivity contribution in [3.05, 3.63) is 24.3 Å². The number of ether oxygens (including phenoxy) is 1. The fourth-order valence-corrected chi connectivity index (χ4v) is 1.01. The first-order valence-corrected chi connectivity index (χ1v) is 4.14. The Balaban J connectivity index is 2.78. The van der Waals surface area contributed by atoms with Gasteiger partial charge in [-0.15, -0.1) is 0 Å². The maximum atomic E-state index is 10.7. The van der Waals surface area contributed by atoms with Crippen molar-refractivity contribution in [3.63, 3.8) is 0 Å². The lowest BCUT2D eigenvalue weighted by Gasteiger charge is -2.04. The Morgan fingerprint density at radius 1 is 1.29 bits per heavy atom. The van der Waals surface area contributed by atoms with Crippen LogP contribution in [0.3, 0.4) is 0 Å². The van der Waals surface area contributed by atoms with Crippen LogP contribution in [0.5, 0.6) is 5.75 Å². The number of hydrogen-bond acceptors (Lipinski definition) is 3. The van der Waals surface area contributed by atoms with Crippen LogP contribution in [0, 0.1) is 0 Å². The van der Waals surface area contributed by atoms with Crippen LogP contribution in [-0.2, 0) is 9.59 Å². The molecule has 0 saturated carbocycles. The first-order chi connectivity index (χ1) is 6.58. The Hall–Kier alpha value is -1.84. The number of anilines is 1. The zero-order chi connectivity index (χ0) is 10.6. The molecule has 1 N–H and O–H groups in total. The molecule has 0 aromatic heterocycles. The lowest BCUT2D eigenvalue weighted by atomic mass is 10.3. The van der Waals surface area contributed by atoms with E-state index in [1.807, 2.05) is 0 Å². The highest BCUT2D eigenvalue weighted by Crippen LogP contribution is 2.17. The predicted octanol–water partition coefficient (Wildman–Crippen LogP) is 1.57. The van der Waals surface area contributed by atoms with Crippen LogP contribution in [0.4, 0.5) is 5.69 Å². The normalized spacial score (nSPS) is 9.29. The standard InChI is InChI=1S/C10H11NO3/c1-7(12)11-9-4-3-5-10(6-9)14-8(2)13/h3-6H,1-2H3,(H,11,12). The molecule has 0 heterocycles. The highest BCUT2D eigenvalue weighted by Gasteiger charge is 2.00. The van der Waals surface area contributed by atoms with E-state index in [1.165, 1.54) is 13.8 Å². The Kier molecular flexibility index (Phi) is 3.23. The molecule has 0 spiro atoms. The van der Waals surface area contributed by atoms with Crippen molar-refractivity contribution in [2.45, 2.75) is 13.8 Å². The van der Waals surface area contributed by atoms with E-state index in [0.29, 0.717) is 11.4 Å². The largest absolute Gasteiger partial charge is 0.427 e. The molecule has 0 aliphatic rings. The summed E-state index contributed by atoms with van der Waals surface area (Å²) in [6.45, 7) is 2.74. The summed E-state index contributed by atoms with van der Waals surface area (Å²) in [5.74, 6) is -0.126. The van der Waals surface area contributed by atoms with Crippen molar-refractivity contribution < 1.29 is 14.3 Å². The molecular formula is C10H11NO3. The van der Waals surface area contributed by atoms with Gasteiger partial charge in [-0.3, -0.25) is 9.59 Å². The third kappa shape index (κ3) is 3.26. The summed E-state index contributed by atoms with van der Waals surface area (Å²) in [6, 6.07) is 6.65. The number of hydrogen-bond donors (Lipinski definition) is 1. The van der Waals surface area contributed by atoms with E-state index in [-0.39, 0.29) is 11.9 Å². The van der Waals surface area contributed by atoms with Crippen LogP contribution in [0.15, 0.2) is 24.3 Å². The molecular weight excluding hydrogens is 182 g/mol. The van der Waals surface area contributed by atoms with Gasteiger partial charge in [-0.05, 0) is 12.1 Å². The summed E-state index contributed by atoms with van der Waals surface area (Å²) in [5, 5.41) is 2.59. The minimum absolute atomic E-state index is 0.162. The average molecular weight is 193 g/mol. The Morgan fingerprint density at radius 3 is 2.57 bits per heavy atom. The minimum atomic E-state index is -0.384. The van der Waals surface area contributed by atoms with Crippen molar-refractivity contribution in [1.82, 2.24) is 0 Å². The molecule has 0 atom stereocenters. The molecule has 0 radical (unpaired) electrons. The molecule has 14 heavy (non-hydrogen) atoms. The van der Waals surface area contributed by atoms with Gasteiger partial charge < -0.3 is 10.1 Å². The first-order valence-electron chi connectivity index (χ1n) is 4.14. The zero-order valence-electron chi connectivity index (χ0n) is 8.03. The maximum Gasteiger partial charge on any atom is 0.308 e. The second-order valence-corrected chi connectivity index (χ2v) is 2.80. The van der Waals surface area contributed by atoms with Gasteiger partial charge in [-0.2, -0.15) is 0 Å². The third-order valence-corrected chi connectivity index (χ3v) is 1.42. The van der Waals surface area contributed by atoms with Crippen molar-refractivity contribution in [2.75, 3.05) is 5.32 Å². The molecule has 1 amide bonds. The molecule has 0 bridgehead atoms. The molecule has 0 aliphatic carbocycles. The molecule has 1 aromatic carbocycles. The van der Waals surface area contributed by atoms with E-state index < -0.39 is 0 Å². The summed E-state index contributed by atoms with van der Waals surface area (Å²) in [5.41, 5.74) is 0.608. The molecule has 1 rings (SSSR count). The van der Waals surface area contributed by atoms with E-state index in [2.05, 4.69) is 5.32 Å². The highest BCUT2D eigenvalue weighted by molar-refractivity contribution is 5.88. The Morgan fingerprint density at radius 2 is 2.00 bits per heavy atom. The van der Waals surface area contributed by atoms with Gasteiger partial charge in [-0.25, -0.2) is 0 Å². The van der Waals surface area contributed by atoms with Crippen LogP contribution < -0.4 is 10.1 Å². The Bertz CT molecular complexity index is 329. The van der Waals surface area contributed by atoms with Crippen LogP contribution in [0.2, 0.25) is 0 Å². The molecule has 0 fully saturated rings. The van der Waals surface area contributed by atoms with Gasteiger partial charge in [0.25, 0.3) is 0 Å². The Labute approximate surface area is 81.9 Å². The third-order valence-electron chi connectivity index (χ3n) is 1.42. The number of carbonyl (C=O) groups excluding carboxylic acids is 2. The number of nitrogens with one attached hydrogen (secondary N) is 1. The lowest BCUT2D eigenvalue weighted by molar-refractivity contribution is -0.131. The number of rotatable bonds is 2. The highest BCUT2D eigenvalue weighted by atomic mass is 16.5. The molecule has 4 heteroatoms.